The summed E-state index contributed by atoms with van der Waals surface area (Å²) in [5, 5.41) is 9.30. The third kappa shape index (κ3) is 14.6. The number of rotatable bonds is 7. The summed E-state index contributed by atoms with van der Waals surface area (Å²) in [6.45, 7) is 9.75. The van der Waals surface area contributed by atoms with E-state index < -0.39 is 9.28 Å². The fraction of sp³-hybridized carbons (Fsp3) is 1.00. The molecule has 0 aliphatic carbocycles. The van der Waals surface area contributed by atoms with Crippen molar-refractivity contribution in [1.29, 1.82) is 0 Å². The molecule has 3 nitrogen and oxygen atoms in total. The van der Waals surface area contributed by atoms with Gasteiger partial charge in [0.15, 0.2) is 0 Å². The summed E-state index contributed by atoms with van der Waals surface area (Å²) in [5.41, 5.74) is 0. The summed E-state index contributed by atoms with van der Waals surface area (Å²) < 4.78 is 10.9. The van der Waals surface area contributed by atoms with Gasteiger partial charge < -0.3 is 8.85 Å². The van der Waals surface area contributed by atoms with Crippen LogP contribution in [-0.2, 0) is 14.0 Å². The first-order chi connectivity index (χ1) is 6.76. The Morgan fingerprint density at radius 2 is 1.36 bits per heavy atom. The van der Waals surface area contributed by atoms with Gasteiger partial charge in [0.25, 0.3) is 0 Å². The lowest BCUT2D eigenvalue weighted by Crippen LogP contribution is -2.22. The average Bonchev–Trinajstić information content (AvgIpc) is 2.20. The van der Waals surface area contributed by atoms with Gasteiger partial charge in [0.05, 0.1) is 6.61 Å². The highest BCUT2D eigenvalue weighted by Gasteiger charge is 2.08. The molecule has 0 amide bonds. The molecule has 0 rings (SSSR count). The van der Waals surface area contributed by atoms with E-state index >= 15 is 0 Å². The van der Waals surface area contributed by atoms with Gasteiger partial charge in [-0.3, -0.25) is 0 Å². The van der Waals surface area contributed by atoms with Crippen LogP contribution < -0.4 is 0 Å². The van der Waals surface area contributed by atoms with Gasteiger partial charge in [-0.15, -0.1) is 0 Å². The number of hydrogen-bond donors (Lipinski definition) is 0. The minimum absolute atomic E-state index is 0.0694. The van der Waals surface area contributed by atoms with Gasteiger partial charge >= 0.3 is 9.28 Å². The second-order valence-corrected chi connectivity index (χ2v) is 4.94. The lowest BCUT2D eigenvalue weighted by Gasteiger charge is -2.12. The van der Waals surface area contributed by atoms with Crippen molar-refractivity contribution in [3.8, 4) is 0 Å². The molecule has 87 valence electrons. The van der Waals surface area contributed by atoms with Crippen LogP contribution in [0, 0.1) is 0 Å². The summed E-state index contributed by atoms with van der Waals surface area (Å²) in [4.78, 5) is 0. The molecule has 0 bridgehead atoms. The molecule has 0 N–H and O–H groups in total. The van der Waals surface area contributed by atoms with Crippen LogP contribution in [0.5, 0.6) is 0 Å². The minimum Gasteiger partial charge on any atom is -0.397 e. The summed E-state index contributed by atoms with van der Waals surface area (Å²) in [6, 6.07) is 1.14. The first-order valence-corrected chi connectivity index (χ1v) is 7.33. The van der Waals surface area contributed by atoms with Crippen molar-refractivity contribution in [2.45, 2.75) is 46.6 Å². The van der Waals surface area contributed by atoms with Gasteiger partial charge in [-0.25, -0.2) is 5.11 Å². The summed E-state index contributed by atoms with van der Waals surface area (Å²) in [5.74, 6) is 0. The normalized spacial score (nSPS) is 9.86. The average molecular weight is 221 g/mol. The van der Waals surface area contributed by atoms with Crippen molar-refractivity contribution < 1.29 is 14.0 Å². The molecular weight excluding hydrogens is 196 g/mol. The molecule has 0 aromatic rings. The monoisotopic (exact) mass is 221 g/mol. The van der Waals surface area contributed by atoms with E-state index in [-0.39, 0.29) is 6.61 Å². The van der Waals surface area contributed by atoms with Crippen LogP contribution in [0.25, 0.3) is 0 Å². The Kier molecular flexibility index (Phi) is 18.4. The standard InChI is InChI=1S/C7H18O2Si.C3H7O/c1-4-7-10(8-5-2)9-6-3;1-2-3-4/h10H,4-7H2,1-3H3;2-3H2,1H3. The molecule has 0 atom stereocenters. The van der Waals surface area contributed by atoms with Crippen LogP contribution in [0.1, 0.15) is 40.5 Å². The van der Waals surface area contributed by atoms with E-state index in [0.717, 1.165) is 25.7 Å². The van der Waals surface area contributed by atoms with Gasteiger partial charge in [0.2, 0.25) is 0 Å². The van der Waals surface area contributed by atoms with Crippen LogP contribution in [0.2, 0.25) is 6.04 Å². The molecule has 14 heavy (non-hydrogen) atoms. The van der Waals surface area contributed by atoms with Crippen molar-refractivity contribution in [3.05, 3.63) is 0 Å². The van der Waals surface area contributed by atoms with E-state index in [1.54, 1.807) is 0 Å². The summed E-state index contributed by atoms with van der Waals surface area (Å²) >= 11 is 0. The van der Waals surface area contributed by atoms with Crippen LogP contribution >= 0.6 is 0 Å². The third-order valence-electron chi connectivity index (χ3n) is 1.43. The zero-order valence-corrected chi connectivity index (χ0v) is 11.2. The van der Waals surface area contributed by atoms with Crippen molar-refractivity contribution in [1.82, 2.24) is 0 Å². The fourth-order valence-electron chi connectivity index (χ4n) is 0.822. The Morgan fingerprint density at radius 3 is 1.57 bits per heavy atom. The maximum atomic E-state index is 9.30. The second kappa shape index (κ2) is 15.6. The zero-order chi connectivity index (χ0) is 11.2. The van der Waals surface area contributed by atoms with Gasteiger partial charge in [-0.05, 0) is 26.3 Å². The van der Waals surface area contributed by atoms with E-state index in [2.05, 4.69) is 6.92 Å². The highest BCUT2D eigenvalue weighted by molar-refractivity contribution is 6.44. The molecule has 0 spiro atoms. The first kappa shape index (κ1) is 16.5. The van der Waals surface area contributed by atoms with Crippen LogP contribution in [-0.4, -0.2) is 29.1 Å². The molecule has 0 unspecified atom stereocenters. The molecule has 0 heterocycles. The van der Waals surface area contributed by atoms with Crippen molar-refractivity contribution >= 4 is 9.28 Å². The molecule has 0 aromatic heterocycles. The summed E-state index contributed by atoms with van der Waals surface area (Å²) in [7, 11) is -1.23. The van der Waals surface area contributed by atoms with Gasteiger partial charge in [0, 0.05) is 13.2 Å². The highest BCUT2D eigenvalue weighted by atomic mass is 28.3. The summed E-state index contributed by atoms with van der Waals surface area (Å²) in [6.07, 6.45) is 1.94. The Balaban J connectivity index is 0. The predicted octanol–water partition coefficient (Wildman–Crippen LogP) is 2.52. The molecule has 0 aromatic carbocycles. The lowest BCUT2D eigenvalue weighted by molar-refractivity contribution is 0.193. The van der Waals surface area contributed by atoms with Gasteiger partial charge in [0.1, 0.15) is 0 Å². The third-order valence-corrected chi connectivity index (χ3v) is 3.89. The Bertz CT molecular complexity index is 75.2. The quantitative estimate of drug-likeness (QED) is 0.620. The lowest BCUT2D eigenvalue weighted by atomic mass is 10.5. The van der Waals surface area contributed by atoms with Crippen LogP contribution in [0.3, 0.4) is 0 Å². The van der Waals surface area contributed by atoms with E-state index in [4.69, 9.17) is 8.85 Å². The topological polar surface area (TPSA) is 38.4 Å². The van der Waals surface area contributed by atoms with Gasteiger partial charge in [-0.1, -0.05) is 20.3 Å². The second-order valence-electron chi connectivity index (χ2n) is 2.83. The van der Waals surface area contributed by atoms with Crippen LogP contribution in [0.15, 0.2) is 0 Å². The predicted molar refractivity (Wildman–Crippen MR) is 61.3 cm³/mol. The molecule has 4 heteroatoms. The first-order valence-electron chi connectivity index (χ1n) is 5.57. The van der Waals surface area contributed by atoms with E-state index in [1.165, 1.54) is 6.42 Å². The molecule has 0 aliphatic rings. The molecule has 0 aliphatic heterocycles. The molecular formula is C10H25O3Si. The Hall–Kier alpha value is 0.0969. The van der Waals surface area contributed by atoms with E-state index in [9.17, 15) is 5.11 Å². The fourth-order valence-corrected chi connectivity index (χ4v) is 2.47. The maximum Gasteiger partial charge on any atom is 0.321 e. The smallest absolute Gasteiger partial charge is 0.321 e. The molecule has 0 saturated heterocycles. The largest absolute Gasteiger partial charge is 0.397 e. The number of hydrogen-bond acceptors (Lipinski definition) is 2. The Morgan fingerprint density at radius 1 is 0.929 bits per heavy atom. The van der Waals surface area contributed by atoms with E-state index in [0.29, 0.717) is 0 Å². The molecule has 1 radical (unpaired) electrons. The molecule has 0 saturated carbocycles. The Labute approximate surface area is 90.3 Å². The van der Waals surface area contributed by atoms with E-state index in [1.807, 2.05) is 20.8 Å². The van der Waals surface area contributed by atoms with Crippen LogP contribution in [0.4, 0.5) is 0 Å². The molecule has 0 fully saturated rings. The highest BCUT2D eigenvalue weighted by Crippen LogP contribution is 1.99. The zero-order valence-electron chi connectivity index (χ0n) is 10.0. The minimum atomic E-state index is -1.23. The maximum absolute atomic E-state index is 9.30. The van der Waals surface area contributed by atoms with Crippen molar-refractivity contribution in [2.24, 2.45) is 0 Å². The van der Waals surface area contributed by atoms with Gasteiger partial charge in [-0.2, -0.15) is 0 Å². The van der Waals surface area contributed by atoms with Crippen molar-refractivity contribution in [3.63, 3.8) is 0 Å². The SMILES string of the molecule is CCC[O].CCC[SiH](OCC)OCC. The van der Waals surface area contributed by atoms with Crippen molar-refractivity contribution in [2.75, 3.05) is 19.8 Å².